The fourth-order valence-corrected chi connectivity index (χ4v) is 2.09. The molecule has 1 aliphatic rings. The maximum atomic E-state index is 10.4. The largest absolute Gasteiger partial charge is 0.496 e. The zero-order chi connectivity index (χ0) is 10.9. The summed E-state index contributed by atoms with van der Waals surface area (Å²) in [6.45, 7) is 0. The Morgan fingerprint density at radius 2 is 2.27 bits per heavy atom. The number of ether oxygens (including phenoxy) is 1. The number of hydrogen-bond acceptors (Lipinski definition) is 3. The van der Waals surface area contributed by atoms with Crippen LogP contribution in [-0.4, -0.2) is 13.2 Å². The molecule has 2 rings (SSSR count). The normalized spacial score (nSPS) is 16.7. The van der Waals surface area contributed by atoms with Gasteiger partial charge in [0, 0.05) is 10.6 Å². The number of aliphatic imine (C=N–C) groups is 1. The highest BCUT2D eigenvalue weighted by atomic mass is 35.5. The number of halogens is 1. The molecule has 0 radical (unpaired) electrons. The quantitative estimate of drug-likeness (QED) is 0.584. The summed E-state index contributed by atoms with van der Waals surface area (Å²) < 4.78 is 5.22. The van der Waals surface area contributed by atoms with E-state index in [4.69, 9.17) is 16.3 Å². The molecule has 4 heteroatoms. The Morgan fingerprint density at radius 3 is 2.80 bits per heavy atom. The van der Waals surface area contributed by atoms with Gasteiger partial charge in [0.2, 0.25) is 6.08 Å². The second-order valence-corrected chi connectivity index (χ2v) is 3.96. The second kappa shape index (κ2) is 3.69. The van der Waals surface area contributed by atoms with Gasteiger partial charge in [-0.1, -0.05) is 17.7 Å². The van der Waals surface area contributed by atoms with Gasteiger partial charge in [0.05, 0.1) is 7.11 Å². The minimum Gasteiger partial charge on any atom is -0.496 e. The number of isocyanates is 1. The van der Waals surface area contributed by atoms with Crippen molar-refractivity contribution in [1.29, 1.82) is 0 Å². The van der Waals surface area contributed by atoms with Crippen LogP contribution in [0.5, 0.6) is 5.75 Å². The first-order valence-electron chi connectivity index (χ1n) is 4.65. The van der Waals surface area contributed by atoms with E-state index in [0.717, 1.165) is 18.4 Å². The lowest BCUT2D eigenvalue weighted by Gasteiger charge is -2.14. The SMILES string of the molecule is COc1cccc(Cl)c1C1(N=C=O)CC1. The second-order valence-electron chi connectivity index (χ2n) is 3.55. The summed E-state index contributed by atoms with van der Waals surface area (Å²) in [6, 6.07) is 5.41. The van der Waals surface area contributed by atoms with E-state index in [0.29, 0.717) is 10.8 Å². The van der Waals surface area contributed by atoms with E-state index in [1.165, 1.54) is 0 Å². The molecule has 1 aromatic rings. The third-order valence-electron chi connectivity index (χ3n) is 2.64. The van der Waals surface area contributed by atoms with Crippen molar-refractivity contribution in [1.82, 2.24) is 0 Å². The van der Waals surface area contributed by atoms with Crippen LogP contribution in [0.1, 0.15) is 18.4 Å². The Labute approximate surface area is 92.7 Å². The maximum absolute atomic E-state index is 10.4. The van der Waals surface area contributed by atoms with Gasteiger partial charge in [0.1, 0.15) is 11.3 Å². The topological polar surface area (TPSA) is 38.7 Å². The smallest absolute Gasteiger partial charge is 0.235 e. The summed E-state index contributed by atoms with van der Waals surface area (Å²) in [7, 11) is 1.58. The fourth-order valence-electron chi connectivity index (χ4n) is 1.75. The van der Waals surface area contributed by atoms with Gasteiger partial charge >= 0.3 is 0 Å². The monoisotopic (exact) mass is 223 g/mol. The molecule has 1 saturated carbocycles. The standard InChI is InChI=1S/C11H10ClNO2/c1-15-9-4-2-3-8(12)10(9)11(5-6-11)13-7-14/h2-4H,5-6H2,1H3. The Morgan fingerprint density at radius 1 is 1.53 bits per heavy atom. The highest BCUT2D eigenvalue weighted by molar-refractivity contribution is 6.31. The van der Waals surface area contributed by atoms with Crippen molar-refractivity contribution in [3.8, 4) is 5.75 Å². The molecule has 3 nitrogen and oxygen atoms in total. The van der Waals surface area contributed by atoms with Gasteiger partial charge in [-0.2, -0.15) is 4.99 Å². The van der Waals surface area contributed by atoms with Gasteiger partial charge < -0.3 is 4.74 Å². The van der Waals surface area contributed by atoms with Crippen LogP contribution < -0.4 is 4.74 Å². The predicted molar refractivity (Wildman–Crippen MR) is 57.0 cm³/mol. The molecule has 0 N–H and O–H groups in total. The lowest BCUT2D eigenvalue weighted by Crippen LogP contribution is -2.05. The van der Waals surface area contributed by atoms with Crippen LogP contribution in [0.15, 0.2) is 23.2 Å². The number of benzene rings is 1. The first kappa shape index (κ1) is 10.2. The van der Waals surface area contributed by atoms with Crippen LogP contribution in [0, 0.1) is 0 Å². The van der Waals surface area contributed by atoms with Gasteiger partial charge in [-0.15, -0.1) is 0 Å². The first-order valence-corrected chi connectivity index (χ1v) is 5.03. The summed E-state index contributed by atoms with van der Waals surface area (Å²) in [5.41, 5.74) is 0.323. The zero-order valence-corrected chi connectivity index (χ0v) is 9.04. The van der Waals surface area contributed by atoms with Crippen LogP contribution in [0.4, 0.5) is 0 Å². The lowest BCUT2D eigenvalue weighted by molar-refractivity contribution is 0.404. The number of nitrogens with zero attached hydrogens (tertiary/aromatic N) is 1. The van der Waals surface area contributed by atoms with E-state index in [1.807, 2.05) is 12.1 Å². The average Bonchev–Trinajstić information content (AvgIpc) is 2.98. The van der Waals surface area contributed by atoms with Crippen molar-refractivity contribution in [2.45, 2.75) is 18.4 Å². The number of rotatable bonds is 3. The van der Waals surface area contributed by atoms with Crippen molar-refractivity contribution in [3.05, 3.63) is 28.8 Å². The molecule has 15 heavy (non-hydrogen) atoms. The van der Waals surface area contributed by atoms with Crippen LogP contribution in [0.25, 0.3) is 0 Å². The number of carbonyl (C=O) groups excluding carboxylic acids is 1. The number of methoxy groups -OCH3 is 1. The summed E-state index contributed by atoms with van der Waals surface area (Å²) in [4.78, 5) is 14.2. The van der Waals surface area contributed by atoms with E-state index in [1.54, 1.807) is 19.3 Å². The Hall–Kier alpha value is -1.31. The Balaban J connectivity index is 2.56. The van der Waals surface area contributed by atoms with Gasteiger partial charge in [0.15, 0.2) is 0 Å². The molecule has 0 aromatic heterocycles. The van der Waals surface area contributed by atoms with Crippen LogP contribution in [-0.2, 0) is 10.3 Å². The van der Waals surface area contributed by atoms with Gasteiger partial charge in [-0.3, -0.25) is 0 Å². The molecule has 0 heterocycles. The minimum absolute atomic E-state index is 0.481. The maximum Gasteiger partial charge on any atom is 0.235 e. The molecule has 1 aromatic carbocycles. The van der Waals surface area contributed by atoms with Crippen LogP contribution in [0.3, 0.4) is 0 Å². The molecule has 0 amide bonds. The van der Waals surface area contributed by atoms with Crippen LogP contribution in [0.2, 0.25) is 5.02 Å². The molecule has 0 unspecified atom stereocenters. The summed E-state index contributed by atoms with van der Waals surface area (Å²) in [6.07, 6.45) is 3.25. The van der Waals surface area contributed by atoms with E-state index in [9.17, 15) is 4.79 Å². The highest BCUT2D eigenvalue weighted by Gasteiger charge is 2.48. The highest BCUT2D eigenvalue weighted by Crippen LogP contribution is 2.54. The van der Waals surface area contributed by atoms with E-state index in [2.05, 4.69) is 4.99 Å². The van der Waals surface area contributed by atoms with E-state index < -0.39 is 5.54 Å². The molecule has 78 valence electrons. The van der Waals surface area contributed by atoms with Crippen molar-refractivity contribution in [3.63, 3.8) is 0 Å². The predicted octanol–water partition coefficient (Wildman–Crippen LogP) is 2.67. The van der Waals surface area contributed by atoms with Gasteiger partial charge in [-0.25, -0.2) is 4.79 Å². The molecule has 1 fully saturated rings. The molecule has 0 bridgehead atoms. The molecule has 0 atom stereocenters. The average molecular weight is 224 g/mol. The van der Waals surface area contributed by atoms with Crippen LogP contribution >= 0.6 is 11.6 Å². The Bertz CT molecular complexity index is 434. The molecule has 1 aliphatic carbocycles. The zero-order valence-electron chi connectivity index (χ0n) is 8.29. The summed E-state index contributed by atoms with van der Waals surface area (Å²) in [5.74, 6) is 0.680. The first-order chi connectivity index (χ1) is 7.23. The lowest BCUT2D eigenvalue weighted by atomic mass is 10.0. The number of hydrogen-bond donors (Lipinski definition) is 0. The van der Waals surface area contributed by atoms with Crippen molar-refractivity contribution in [2.24, 2.45) is 4.99 Å². The summed E-state index contributed by atoms with van der Waals surface area (Å²) >= 11 is 6.10. The van der Waals surface area contributed by atoms with E-state index in [-0.39, 0.29) is 0 Å². The fraction of sp³-hybridized carbons (Fsp3) is 0.364. The third kappa shape index (κ3) is 1.65. The van der Waals surface area contributed by atoms with Gasteiger partial charge in [-0.05, 0) is 25.0 Å². The van der Waals surface area contributed by atoms with Gasteiger partial charge in [0.25, 0.3) is 0 Å². The molecule has 0 saturated heterocycles. The molecule has 0 spiro atoms. The molecule has 0 aliphatic heterocycles. The van der Waals surface area contributed by atoms with Crippen molar-refractivity contribution in [2.75, 3.05) is 7.11 Å². The third-order valence-corrected chi connectivity index (χ3v) is 2.96. The minimum atomic E-state index is -0.481. The molecular formula is C11H10ClNO2. The molecular weight excluding hydrogens is 214 g/mol. The van der Waals surface area contributed by atoms with Crippen molar-refractivity contribution < 1.29 is 9.53 Å². The summed E-state index contributed by atoms with van der Waals surface area (Å²) in [5, 5.41) is 0.589. The van der Waals surface area contributed by atoms with E-state index >= 15 is 0 Å². The Kier molecular flexibility index (Phi) is 2.51. The van der Waals surface area contributed by atoms with Crippen molar-refractivity contribution >= 4 is 17.7 Å².